The largest absolute Gasteiger partial charge is 0.342 e. The average Bonchev–Trinajstić information content (AvgIpc) is 2.50. The van der Waals surface area contributed by atoms with E-state index in [-0.39, 0.29) is 5.91 Å². The number of amides is 1. The quantitative estimate of drug-likeness (QED) is 0.611. The van der Waals surface area contributed by atoms with E-state index >= 15 is 0 Å². The SMILES string of the molecule is C=CCC(=O)N1CC[C@](C)(CC)C1. The molecule has 0 aromatic heterocycles. The molecule has 0 aromatic carbocycles. The predicted molar refractivity (Wildman–Crippen MR) is 54.4 cm³/mol. The van der Waals surface area contributed by atoms with Gasteiger partial charge in [-0.05, 0) is 18.3 Å². The van der Waals surface area contributed by atoms with E-state index in [2.05, 4.69) is 20.4 Å². The third-order valence-electron chi connectivity index (χ3n) is 3.08. The maximum absolute atomic E-state index is 11.5. The normalized spacial score (nSPS) is 27.7. The van der Waals surface area contributed by atoms with Crippen molar-refractivity contribution in [2.75, 3.05) is 13.1 Å². The van der Waals surface area contributed by atoms with Gasteiger partial charge >= 0.3 is 0 Å². The minimum Gasteiger partial charge on any atom is -0.342 e. The molecule has 1 aliphatic rings. The van der Waals surface area contributed by atoms with Crippen LogP contribution in [0.2, 0.25) is 0 Å². The molecular weight excluding hydrogens is 162 g/mol. The standard InChI is InChI=1S/C11H19NO/c1-4-6-10(13)12-8-7-11(3,5-2)9-12/h4H,1,5-9H2,2-3H3/t11-/m0/s1. The molecule has 1 amide bonds. The van der Waals surface area contributed by atoms with Gasteiger partial charge < -0.3 is 4.90 Å². The van der Waals surface area contributed by atoms with Crippen LogP contribution in [0.5, 0.6) is 0 Å². The molecule has 0 spiro atoms. The Kier molecular flexibility index (Phi) is 3.12. The lowest BCUT2D eigenvalue weighted by Gasteiger charge is -2.22. The van der Waals surface area contributed by atoms with Gasteiger partial charge in [0.05, 0.1) is 0 Å². The van der Waals surface area contributed by atoms with Crippen molar-refractivity contribution in [1.29, 1.82) is 0 Å². The molecule has 1 rings (SSSR count). The highest BCUT2D eigenvalue weighted by Crippen LogP contribution is 2.33. The van der Waals surface area contributed by atoms with Crippen molar-refractivity contribution in [3.63, 3.8) is 0 Å². The minimum absolute atomic E-state index is 0.229. The van der Waals surface area contributed by atoms with Crippen LogP contribution >= 0.6 is 0 Å². The topological polar surface area (TPSA) is 20.3 Å². The Morgan fingerprint density at radius 2 is 2.38 bits per heavy atom. The van der Waals surface area contributed by atoms with Gasteiger partial charge in [0.1, 0.15) is 0 Å². The fourth-order valence-corrected chi connectivity index (χ4v) is 1.78. The van der Waals surface area contributed by atoms with Crippen LogP contribution in [0.15, 0.2) is 12.7 Å². The first-order chi connectivity index (χ1) is 6.11. The Morgan fingerprint density at radius 1 is 1.69 bits per heavy atom. The van der Waals surface area contributed by atoms with Gasteiger partial charge in [-0.2, -0.15) is 0 Å². The number of nitrogens with zero attached hydrogens (tertiary/aromatic N) is 1. The summed E-state index contributed by atoms with van der Waals surface area (Å²) in [6.07, 6.45) is 4.47. The second kappa shape index (κ2) is 3.95. The monoisotopic (exact) mass is 181 g/mol. The smallest absolute Gasteiger partial charge is 0.226 e. The molecule has 0 saturated carbocycles. The van der Waals surface area contributed by atoms with Crippen LogP contribution in [-0.2, 0) is 4.79 Å². The second-order valence-corrected chi connectivity index (χ2v) is 4.22. The predicted octanol–water partition coefficient (Wildman–Crippen LogP) is 2.21. The Morgan fingerprint density at radius 3 is 2.85 bits per heavy atom. The zero-order chi connectivity index (χ0) is 9.90. The molecule has 1 fully saturated rings. The molecule has 0 unspecified atom stereocenters. The van der Waals surface area contributed by atoms with Gasteiger partial charge in [-0.1, -0.05) is 19.9 Å². The molecule has 0 aliphatic carbocycles. The van der Waals surface area contributed by atoms with Crippen molar-refractivity contribution in [2.24, 2.45) is 5.41 Å². The summed E-state index contributed by atoms with van der Waals surface area (Å²) < 4.78 is 0. The van der Waals surface area contributed by atoms with Crippen LogP contribution in [0.3, 0.4) is 0 Å². The van der Waals surface area contributed by atoms with Gasteiger partial charge in [-0.3, -0.25) is 4.79 Å². The number of likely N-dealkylation sites (tertiary alicyclic amines) is 1. The summed E-state index contributed by atoms with van der Waals surface area (Å²) in [7, 11) is 0. The van der Waals surface area contributed by atoms with Crippen molar-refractivity contribution in [1.82, 2.24) is 4.90 Å². The molecule has 0 aromatic rings. The third kappa shape index (κ3) is 2.33. The molecular formula is C11H19NO. The van der Waals surface area contributed by atoms with Crippen LogP contribution in [0, 0.1) is 5.41 Å². The lowest BCUT2D eigenvalue weighted by atomic mass is 9.87. The van der Waals surface area contributed by atoms with Gasteiger partial charge in [0, 0.05) is 19.5 Å². The zero-order valence-corrected chi connectivity index (χ0v) is 8.68. The molecule has 2 nitrogen and oxygen atoms in total. The maximum atomic E-state index is 11.5. The fourth-order valence-electron chi connectivity index (χ4n) is 1.78. The van der Waals surface area contributed by atoms with Crippen LogP contribution in [-0.4, -0.2) is 23.9 Å². The maximum Gasteiger partial charge on any atom is 0.226 e. The number of hydrogen-bond donors (Lipinski definition) is 0. The third-order valence-corrected chi connectivity index (χ3v) is 3.08. The minimum atomic E-state index is 0.229. The molecule has 1 aliphatic heterocycles. The molecule has 2 heteroatoms. The van der Waals surface area contributed by atoms with E-state index in [9.17, 15) is 4.79 Å². The van der Waals surface area contributed by atoms with Crippen LogP contribution in [0.25, 0.3) is 0 Å². The van der Waals surface area contributed by atoms with Crippen LogP contribution in [0.1, 0.15) is 33.1 Å². The first kappa shape index (κ1) is 10.3. The summed E-state index contributed by atoms with van der Waals surface area (Å²) in [5.74, 6) is 0.229. The van der Waals surface area contributed by atoms with Gasteiger partial charge in [0.25, 0.3) is 0 Å². The van der Waals surface area contributed by atoms with E-state index in [0.29, 0.717) is 11.8 Å². The second-order valence-electron chi connectivity index (χ2n) is 4.22. The van der Waals surface area contributed by atoms with Crippen molar-refractivity contribution in [2.45, 2.75) is 33.1 Å². The Balaban J connectivity index is 2.49. The molecule has 0 radical (unpaired) electrons. The van der Waals surface area contributed by atoms with Crippen molar-refractivity contribution >= 4 is 5.91 Å². The van der Waals surface area contributed by atoms with Crippen LogP contribution < -0.4 is 0 Å². The van der Waals surface area contributed by atoms with Crippen molar-refractivity contribution < 1.29 is 4.79 Å². The van der Waals surface area contributed by atoms with Gasteiger partial charge in [-0.15, -0.1) is 6.58 Å². The number of carbonyl (C=O) groups is 1. The van der Waals surface area contributed by atoms with Crippen molar-refractivity contribution in [3.8, 4) is 0 Å². The van der Waals surface area contributed by atoms with E-state index < -0.39 is 0 Å². The summed E-state index contributed by atoms with van der Waals surface area (Å²) in [4.78, 5) is 13.5. The summed E-state index contributed by atoms with van der Waals surface area (Å²) >= 11 is 0. The lowest BCUT2D eigenvalue weighted by Crippen LogP contribution is -2.30. The highest BCUT2D eigenvalue weighted by atomic mass is 16.2. The van der Waals surface area contributed by atoms with E-state index in [4.69, 9.17) is 0 Å². The van der Waals surface area contributed by atoms with Gasteiger partial charge in [-0.25, -0.2) is 0 Å². The van der Waals surface area contributed by atoms with E-state index in [1.165, 1.54) is 0 Å². The highest BCUT2D eigenvalue weighted by Gasteiger charge is 2.33. The van der Waals surface area contributed by atoms with Crippen LogP contribution in [0.4, 0.5) is 0 Å². The highest BCUT2D eigenvalue weighted by molar-refractivity contribution is 5.77. The van der Waals surface area contributed by atoms with Gasteiger partial charge in [0.15, 0.2) is 0 Å². The molecule has 1 saturated heterocycles. The molecule has 13 heavy (non-hydrogen) atoms. The number of carbonyl (C=O) groups excluding carboxylic acids is 1. The average molecular weight is 181 g/mol. The summed E-state index contributed by atoms with van der Waals surface area (Å²) in [6, 6.07) is 0. The first-order valence-electron chi connectivity index (χ1n) is 5.00. The van der Waals surface area contributed by atoms with Gasteiger partial charge in [0.2, 0.25) is 5.91 Å². The molecule has 1 heterocycles. The number of hydrogen-bond acceptors (Lipinski definition) is 1. The Hall–Kier alpha value is -0.790. The van der Waals surface area contributed by atoms with E-state index in [1.54, 1.807) is 6.08 Å². The first-order valence-corrected chi connectivity index (χ1v) is 5.00. The molecule has 74 valence electrons. The van der Waals surface area contributed by atoms with E-state index in [1.807, 2.05) is 4.90 Å². The molecule has 1 atom stereocenters. The van der Waals surface area contributed by atoms with E-state index in [0.717, 1.165) is 25.9 Å². The van der Waals surface area contributed by atoms with Crippen molar-refractivity contribution in [3.05, 3.63) is 12.7 Å². The summed E-state index contributed by atoms with van der Waals surface area (Å²) in [6.45, 7) is 9.89. The molecule has 0 bridgehead atoms. The fraction of sp³-hybridized carbons (Fsp3) is 0.727. The lowest BCUT2D eigenvalue weighted by molar-refractivity contribution is -0.129. The Bertz CT molecular complexity index is 212. The zero-order valence-electron chi connectivity index (χ0n) is 8.68. The summed E-state index contributed by atoms with van der Waals surface area (Å²) in [5.41, 5.74) is 0.358. The molecule has 0 N–H and O–H groups in total. The Labute approximate surface area is 80.6 Å². The number of rotatable bonds is 3. The summed E-state index contributed by atoms with van der Waals surface area (Å²) in [5, 5.41) is 0.